The van der Waals surface area contributed by atoms with Crippen LogP contribution in [0.4, 0.5) is 0 Å². The predicted octanol–water partition coefficient (Wildman–Crippen LogP) is 2.86. The molecule has 0 saturated heterocycles. The van der Waals surface area contributed by atoms with Gasteiger partial charge in [-0.05, 0) is 13.3 Å². The molecule has 0 bridgehead atoms. The summed E-state index contributed by atoms with van der Waals surface area (Å²) >= 11 is 1.69. The van der Waals surface area contributed by atoms with Gasteiger partial charge in [0.05, 0.1) is 5.69 Å². The summed E-state index contributed by atoms with van der Waals surface area (Å²) in [5.74, 6) is 0.820. The van der Waals surface area contributed by atoms with Crippen LogP contribution in [0, 0.1) is 6.92 Å². The summed E-state index contributed by atoms with van der Waals surface area (Å²) < 4.78 is 5.03. The Kier molecular flexibility index (Phi) is 7.71. The molecule has 0 atom stereocenters. The van der Waals surface area contributed by atoms with Crippen LogP contribution in [0.2, 0.25) is 0 Å². The summed E-state index contributed by atoms with van der Waals surface area (Å²) in [5, 5.41) is 9.79. The van der Waals surface area contributed by atoms with Gasteiger partial charge in [-0.3, -0.25) is 4.99 Å². The Balaban J connectivity index is 1.77. The first-order valence-corrected chi connectivity index (χ1v) is 9.06. The van der Waals surface area contributed by atoms with Crippen LogP contribution < -0.4 is 10.6 Å². The molecule has 2 aromatic rings. The van der Waals surface area contributed by atoms with E-state index in [1.807, 2.05) is 0 Å². The van der Waals surface area contributed by atoms with Crippen molar-refractivity contribution in [3.05, 3.63) is 40.9 Å². The highest BCUT2D eigenvalue weighted by Gasteiger charge is 2.05. The van der Waals surface area contributed by atoms with E-state index in [0.717, 1.165) is 49.2 Å². The number of thiazole rings is 1. The van der Waals surface area contributed by atoms with E-state index in [1.165, 1.54) is 11.1 Å². The third-order valence-corrected chi connectivity index (χ3v) is 4.51. The highest BCUT2D eigenvalue weighted by Crippen LogP contribution is 2.24. The van der Waals surface area contributed by atoms with Gasteiger partial charge < -0.3 is 15.4 Å². The maximum Gasteiger partial charge on any atom is 0.190 e. The highest BCUT2D eigenvalue weighted by molar-refractivity contribution is 7.13. The van der Waals surface area contributed by atoms with E-state index in [0.29, 0.717) is 0 Å². The quantitative estimate of drug-likeness (QED) is 0.438. The smallest absolute Gasteiger partial charge is 0.190 e. The molecule has 1 aromatic carbocycles. The second kappa shape index (κ2) is 10.1. The van der Waals surface area contributed by atoms with Crippen molar-refractivity contribution in [3.8, 4) is 10.6 Å². The summed E-state index contributed by atoms with van der Waals surface area (Å²) in [4.78, 5) is 8.93. The summed E-state index contributed by atoms with van der Waals surface area (Å²) in [7, 11) is 3.50. The number of methoxy groups -OCH3 is 1. The zero-order valence-electron chi connectivity index (χ0n) is 14.6. The first-order valence-electron chi connectivity index (χ1n) is 8.18. The molecule has 6 heteroatoms. The number of aryl methyl sites for hydroxylation is 1. The van der Waals surface area contributed by atoms with Crippen LogP contribution in [0.15, 0.2) is 34.6 Å². The van der Waals surface area contributed by atoms with Gasteiger partial charge in [-0.1, -0.05) is 29.8 Å². The van der Waals surface area contributed by atoms with E-state index in [4.69, 9.17) is 9.72 Å². The molecule has 5 nitrogen and oxygen atoms in total. The van der Waals surface area contributed by atoms with Crippen LogP contribution in [-0.2, 0) is 11.2 Å². The number of hydrogen-bond acceptors (Lipinski definition) is 4. The SMILES string of the molecule is CN=C(NCCCOC)NCCc1csc(-c2ccc(C)cc2)n1. The number of benzene rings is 1. The summed E-state index contributed by atoms with van der Waals surface area (Å²) in [6, 6.07) is 8.50. The van der Waals surface area contributed by atoms with Crippen molar-refractivity contribution in [3.63, 3.8) is 0 Å². The van der Waals surface area contributed by atoms with Gasteiger partial charge in [-0.15, -0.1) is 11.3 Å². The van der Waals surface area contributed by atoms with Gasteiger partial charge in [-0.2, -0.15) is 0 Å². The van der Waals surface area contributed by atoms with Gasteiger partial charge in [0, 0.05) is 51.2 Å². The molecule has 0 aliphatic heterocycles. The Morgan fingerprint density at radius 1 is 1.21 bits per heavy atom. The van der Waals surface area contributed by atoms with E-state index >= 15 is 0 Å². The lowest BCUT2D eigenvalue weighted by molar-refractivity contribution is 0.195. The molecule has 1 aromatic heterocycles. The molecule has 0 saturated carbocycles. The maximum absolute atomic E-state index is 5.03. The molecule has 0 aliphatic carbocycles. The summed E-state index contributed by atoms with van der Waals surface area (Å²) in [6.07, 6.45) is 1.84. The fourth-order valence-electron chi connectivity index (χ4n) is 2.20. The lowest BCUT2D eigenvalue weighted by Crippen LogP contribution is -2.39. The third-order valence-electron chi connectivity index (χ3n) is 3.57. The normalized spacial score (nSPS) is 11.5. The van der Waals surface area contributed by atoms with Crippen molar-refractivity contribution < 1.29 is 4.74 Å². The first-order chi connectivity index (χ1) is 11.7. The fraction of sp³-hybridized carbons (Fsp3) is 0.444. The van der Waals surface area contributed by atoms with E-state index < -0.39 is 0 Å². The molecule has 2 rings (SSSR count). The van der Waals surface area contributed by atoms with Crippen molar-refractivity contribution in [2.75, 3.05) is 33.9 Å². The molecule has 1 heterocycles. The largest absolute Gasteiger partial charge is 0.385 e. The van der Waals surface area contributed by atoms with Gasteiger partial charge in [-0.25, -0.2) is 4.98 Å². The Hall–Kier alpha value is -1.92. The number of ether oxygens (including phenoxy) is 1. The average Bonchev–Trinajstić information content (AvgIpc) is 3.06. The maximum atomic E-state index is 5.03. The molecule has 130 valence electrons. The summed E-state index contributed by atoms with van der Waals surface area (Å²) in [6.45, 7) is 4.51. The minimum atomic E-state index is 0.755. The van der Waals surface area contributed by atoms with Crippen molar-refractivity contribution >= 4 is 17.3 Å². The van der Waals surface area contributed by atoms with Crippen LogP contribution in [0.5, 0.6) is 0 Å². The van der Waals surface area contributed by atoms with E-state index in [9.17, 15) is 0 Å². The van der Waals surface area contributed by atoms with Gasteiger partial charge in [0.15, 0.2) is 5.96 Å². The average molecular weight is 347 g/mol. The second-order valence-corrected chi connectivity index (χ2v) is 6.39. The van der Waals surface area contributed by atoms with E-state index in [-0.39, 0.29) is 0 Å². The van der Waals surface area contributed by atoms with Crippen LogP contribution in [0.1, 0.15) is 17.7 Å². The van der Waals surface area contributed by atoms with E-state index in [1.54, 1.807) is 25.5 Å². The number of rotatable bonds is 8. The number of aliphatic imine (C=N–C) groups is 1. The Labute approximate surface area is 148 Å². The minimum Gasteiger partial charge on any atom is -0.385 e. The fourth-order valence-corrected chi connectivity index (χ4v) is 3.06. The monoisotopic (exact) mass is 346 g/mol. The molecule has 0 radical (unpaired) electrons. The lowest BCUT2D eigenvalue weighted by atomic mass is 10.2. The van der Waals surface area contributed by atoms with Crippen LogP contribution >= 0.6 is 11.3 Å². The number of guanidine groups is 1. The summed E-state index contributed by atoms with van der Waals surface area (Å²) in [5.41, 5.74) is 3.56. The van der Waals surface area contributed by atoms with Crippen molar-refractivity contribution in [1.82, 2.24) is 15.6 Å². The van der Waals surface area contributed by atoms with Crippen molar-refractivity contribution in [2.24, 2.45) is 4.99 Å². The third kappa shape index (κ3) is 5.94. The molecule has 0 unspecified atom stereocenters. The van der Waals surface area contributed by atoms with Crippen LogP contribution in [-0.4, -0.2) is 44.8 Å². The Morgan fingerprint density at radius 2 is 1.96 bits per heavy atom. The lowest BCUT2D eigenvalue weighted by Gasteiger charge is -2.10. The van der Waals surface area contributed by atoms with Crippen molar-refractivity contribution in [1.29, 1.82) is 0 Å². The molecule has 0 aliphatic rings. The molecule has 0 spiro atoms. The zero-order valence-corrected chi connectivity index (χ0v) is 15.4. The predicted molar refractivity (Wildman–Crippen MR) is 102 cm³/mol. The van der Waals surface area contributed by atoms with Crippen molar-refractivity contribution in [2.45, 2.75) is 19.8 Å². The molecule has 24 heavy (non-hydrogen) atoms. The topological polar surface area (TPSA) is 58.5 Å². The van der Waals surface area contributed by atoms with E-state index in [2.05, 4.69) is 52.2 Å². The Bertz CT molecular complexity index is 637. The Morgan fingerprint density at radius 3 is 2.67 bits per heavy atom. The number of aromatic nitrogens is 1. The van der Waals surface area contributed by atoms with Gasteiger partial charge >= 0.3 is 0 Å². The number of nitrogens with zero attached hydrogens (tertiary/aromatic N) is 2. The molecular formula is C18H26N4OS. The molecule has 2 N–H and O–H groups in total. The highest BCUT2D eigenvalue weighted by atomic mass is 32.1. The number of nitrogens with one attached hydrogen (secondary N) is 2. The molecule has 0 fully saturated rings. The number of hydrogen-bond donors (Lipinski definition) is 2. The standard InChI is InChI=1S/C18H26N4OS/c1-14-5-7-15(8-6-14)17-22-16(13-24-17)9-11-21-18(19-2)20-10-4-12-23-3/h5-8,13H,4,9-12H2,1-3H3,(H2,19,20,21). The van der Waals surface area contributed by atoms with Crippen LogP contribution in [0.3, 0.4) is 0 Å². The molecular weight excluding hydrogens is 320 g/mol. The molecule has 0 amide bonds. The second-order valence-electron chi connectivity index (χ2n) is 5.53. The van der Waals surface area contributed by atoms with Gasteiger partial charge in [0.2, 0.25) is 0 Å². The van der Waals surface area contributed by atoms with Gasteiger partial charge in [0.25, 0.3) is 0 Å². The zero-order chi connectivity index (χ0) is 17.2. The van der Waals surface area contributed by atoms with Gasteiger partial charge in [0.1, 0.15) is 5.01 Å². The van der Waals surface area contributed by atoms with Crippen LogP contribution in [0.25, 0.3) is 10.6 Å². The first kappa shape index (κ1) is 18.4. The minimum absolute atomic E-state index is 0.755.